The Morgan fingerprint density at radius 1 is 1.04 bits per heavy atom. The van der Waals surface area contributed by atoms with Crippen molar-refractivity contribution in [1.29, 1.82) is 0 Å². The number of rotatable bonds is 6. The van der Waals surface area contributed by atoms with E-state index in [0.29, 0.717) is 19.0 Å². The smallest absolute Gasteiger partial charge is 0.230 e. The van der Waals surface area contributed by atoms with Gasteiger partial charge in [0.1, 0.15) is 0 Å². The lowest BCUT2D eigenvalue weighted by molar-refractivity contribution is -0.124. The van der Waals surface area contributed by atoms with Gasteiger partial charge in [-0.3, -0.25) is 9.59 Å². The van der Waals surface area contributed by atoms with Crippen molar-refractivity contribution < 1.29 is 9.59 Å². The Morgan fingerprint density at radius 2 is 1.67 bits per heavy atom. The molecule has 0 bridgehead atoms. The Labute approximate surface area is 163 Å². The first-order chi connectivity index (χ1) is 12.8. The molecule has 2 N–H and O–H groups in total. The second-order valence-corrected chi connectivity index (χ2v) is 9.32. The molecule has 2 aliphatic carbocycles. The van der Waals surface area contributed by atoms with Crippen molar-refractivity contribution in [3.63, 3.8) is 0 Å². The predicted octanol–water partition coefficient (Wildman–Crippen LogP) is 3.97. The van der Waals surface area contributed by atoms with E-state index in [-0.39, 0.29) is 22.6 Å². The van der Waals surface area contributed by atoms with Crippen LogP contribution in [0.15, 0.2) is 24.3 Å². The van der Waals surface area contributed by atoms with Crippen LogP contribution in [0.3, 0.4) is 0 Å². The van der Waals surface area contributed by atoms with E-state index in [1.165, 1.54) is 24.8 Å². The number of hydrogen-bond acceptors (Lipinski definition) is 2. The molecule has 3 rings (SSSR count). The number of nitrogens with one attached hydrogen (secondary N) is 2. The minimum atomic E-state index is -0.379. The Balaban J connectivity index is 1.48. The second-order valence-electron chi connectivity index (χ2n) is 9.32. The fourth-order valence-electron chi connectivity index (χ4n) is 4.07. The van der Waals surface area contributed by atoms with Crippen molar-refractivity contribution in [3.8, 4) is 0 Å². The molecule has 0 aliphatic heterocycles. The number of benzene rings is 1. The van der Waals surface area contributed by atoms with E-state index >= 15 is 0 Å². The van der Waals surface area contributed by atoms with Crippen molar-refractivity contribution in [1.82, 2.24) is 10.6 Å². The monoisotopic (exact) mass is 370 g/mol. The summed E-state index contributed by atoms with van der Waals surface area (Å²) in [5, 5.41) is 6.11. The van der Waals surface area contributed by atoms with Crippen LogP contribution in [-0.4, -0.2) is 24.4 Å². The summed E-state index contributed by atoms with van der Waals surface area (Å²) in [7, 11) is 0. The minimum absolute atomic E-state index is 0.0570. The van der Waals surface area contributed by atoms with Crippen LogP contribution >= 0.6 is 0 Å². The third-order valence-electron chi connectivity index (χ3n) is 6.10. The largest absolute Gasteiger partial charge is 0.355 e. The zero-order valence-corrected chi connectivity index (χ0v) is 17.1. The summed E-state index contributed by atoms with van der Waals surface area (Å²) in [4.78, 5) is 24.8. The van der Waals surface area contributed by atoms with E-state index in [2.05, 4.69) is 55.7 Å². The first-order valence-corrected chi connectivity index (χ1v) is 10.5. The molecule has 2 saturated carbocycles. The zero-order chi connectivity index (χ0) is 19.5. The Hall–Kier alpha value is -1.84. The maximum absolute atomic E-state index is 12.7. The molecule has 2 aliphatic rings. The quantitative estimate of drug-likeness (QED) is 0.796. The lowest BCUT2D eigenvalue weighted by Gasteiger charge is -2.23. The molecule has 4 heteroatoms. The maximum Gasteiger partial charge on any atom is 0.230 e. The number of amides is 2. The van der Waals surface area contributed by atoms with Crippen molar-refractivity contribution in [2.24, 2.45) is 0 Å². The summed E-state index contributed by atoms with van der Waals surface area (Å²) in [6.07, 6.45) is 8.01. The van der Waals surface area contributed by atoms with Gasteiger partial charge in [0.05, 0.1) is 5.41 Å². The highest BCUT2D eigenvalue weighted by Gasteiger charge is 2.51. The van der Waals surface area contributed by atoms with Gasteiger partial charge in [0.25, 0.3) is 0 Å². The second kappa shape index (κ2) is 8.04. The SMILES string of the molecule is CC(C)(C)c1ccc(C2(C(=O)NCCC(=O)NC3CCCCC3)CC2)cc1. The molecule has 0 atom stereocenters. The van der Waals surface area contributed by atoms with Gasteiger partial charge in [0.2, 0.25) is 11.8 Å². The summed E-state index contributed by atoms with van der Waals surface area (Å²) < 4.78 is 0. The zero-order valence-electron chi connectivity index (χ0n) is 17.1. The highest BCUT2D eigenvalue weighted by molar-refractivity contribution is 5.91. The van der Waals surface area contributed by atoms with E-state index in [9.17, 15) is 9.59 Å². The van der Waals surface area contributed by atoms with Crippen molar-refractivity contribution >= 4 is 11.8 Å². The highest BCUT2D eigenvalue weighted by Crippen LogP contribution is 2.48. The number of hydrogen-bond donors (Lipinski definition) is 2. The molecule has 27 heavy (non-hydrogen) atoms. The fourth-order valence-corrected chi connectivity index (χ4v) is 4.07. The van der Waals surface area contributed by atoms with Crippen LogP contribution in [0.1, 0.15) is 83.3 Å². The van der Waals surface area contributed by atoms with Crippen LogP contribution in [0.25, 0.3) is 0 Å². The maximum atomic E-state index is 12.7. The molecule has 0 spiro atoms. The standard InChI is InChI=1S/C23H34N2O2/c1-22(2,3)17-9-11-18(12-10-17)23(14-15-23)21(27)24-16-13-20(26)25-19-7-5-4-6-8-19/h9-12,19H,4-8,13-16H2,1-3H3,(H,24,27)(H,25,26). The Morgan fingerprint density at radius 3 is 2.22 bits per heavy atom. The summed E-state index contributed by atoms with van der Waals surface area (Å²) >= 11 is 0. The minimum Gasteiger partial charge on any atom is -0.355 e. The van der Waals surface area contributed by atoms with Gasteiger partial charge >= 0.3 is 0 Å². The fraction of sp³-hybridized carbons (Fsp3) is 0.652. The summed E-state index contributed by atoms with van der Waals surface area (Å²) in [6.45, 7) is 7.00. The van der Waals surface area contributed by atoms with Crippen LogP contribution in [0.5, 0.6) is 0 Å². The van der Waals surface area contributed by atoms with Gasteiger partial charge < -0.3 is 10.6 Å². The number of carbonyl (C=O) groups is 2. The molecule has 2 amide bonds. The van der Waals surface area contributed by atoms with Crippen LogP contribution in [-0.2, 0) is 20.4 Å². The molecule has 0 unspecified atom stereocenters. The molecule has 4 nitrogen and oxygen atoms in total. The van der Waals surface area contributed by atoms with Crippen LogP contribution in [0.4, 0.5) is 0 Å². The van der Waals surface area contributed by atoms with Crippen molar-refractivity contribution in [2.75, 3.05) is 6.54 Å². The van der Waals surface area contributed by atoms with E-state index < -0.39 is 0 Å². The molecule has 1 aromatic carbocycles. The van der Waals surface area contributed by atoms with Gasteiger partial charge in [-0.1, -0.05) is 64.3 Å². The molecular formula is C23H34N2O2. The molecule has 1 aromatic rings. The molecule has 0 saturated heterocycles. The third kappa shape index (κ3) is 4.91. The molecular weight excluding hydrogens is 336 g/mol. The Bertz CT molecular complexity index is 663. The van der Waals surface area contributed by atoms with Gasteiger partial charge in [-0.25, -0.2) is 0 Å². The third-order valence-corrected chi connectivity index (χ3v) is 6.10. The first-order valence-electron chi connectivity index (χ1n) is 10.5. The van der Waals surface area contributed by atoms with E-state index in [4.69, 9.17) is 0 Å². The lowest BCUT2D eigenvalue weighted by atomic mass is 9.85. The average molecular weight is 371 g/mol. The van der Waals surface area contributed by atoms with Gasteiger partial charge in [0.15, 0.2) is 0 Å². The molecule has 0 aromatic heterocycles. The summed E-state index contributed by atoms with van der Waals surface area (Å²) in [5.74, 6) is 0.123. The van der Waals surface area contributed by atoms with Crippen molar-refractivity contribution in [2.45, 2.75) is 89.0 Å². The first kappa shape index (κ1) is 19.9. The van der Waals surface area contributed by atoms with Crippen LogP contribution in [0, 0.1) is 0 Å². The summed E-state index contributed by atoms with van der Waals surface area (Å²) in [5.41, 5.74) is 2.11. The molecule has 0 heterocycles. The normalized spacial score (nSPS) is 19.4. The van der Waals surface area contributed by atoms with Gasteiger partial charge in [-0.05, 0) is 42.2 Å². The predicted molar refractivity (Wildman–Crippen MR) is 109 cm³/mol. The summed E-state index contributed by atoms with van der Waals surface area (Å²) in [6, 6.07) is 8.81. The van der Waals surface area contributed by atoms with Crippen molar-refractivity contribution in [3.05, 3.63) is 35.4 Å². The van der Waals surface area contributed by atoms with E-state index in [1.54, 1.807) is 0 Å². The topological polar surface area (TPSA) is 58.2 Å². The van der Waals surface area contributed by atoms with Gasteiger partial charge in [0, 0.05) is 19.0 Å². The average Bonchev–Trinajstić information content (AvgIpc) is 3.44. The lowest BCUT2D eigenvalue weighted by Crippen LogP contribution is -2.40. The highest BCUT2D eigenvalue weighted by atomic mass is 16.2. The van der Waals surface area contributed by atoms with Gasteiger partial charge in [-0.15, -0.1) is 0 Å². The molecule has 148 valence electrons. The molecule has 2 fully saturated rings. The Kier molecular flexibility index (Phi) is 5.92. The van der Waals surface area contributed by atoms with E-state index in [1.807, 2.05) is 0 Å². The van der Waals surface area contributed by atoms with E-state index in [0.717, 1.165) is 31.2 Å². The number of carbonyl (C=O) groups excluding carboxylic acids is 2. The van der Waals surface area contributed by atoms with Gasteiger partial charge in [-0.2, -0.15) is 0 Å². The molecule has 0 radical (unpaired) electrons. The van der Waals surface area contributed by atoms with Crippen LogP contribution in [0.2, 0.25) is 0 Å². The van der Waals surface area contributed by atoms with Crippen LogP contribution < -0.4 is 10.6 Å².